The fraction of sp³-hybridized carbons (Fsp3) is 0.333. The third kappa shape index (κ3) is 2.67. The number of hydrogen-bond donors (Lipinski definition) is 0. The van der Waals surface area contributed by atoms with Crippen molar-refractivity contribution in [3.63, 3.8) is 0 Å². The first-order valence-corrected chi connectivity index (χ1v) is 11.2. The number of aromatic nitrogens is 3. The SMILES string of the molecule is Cc1nc2c(n1-c1cccc(-c3ccccc3)c1)CC[C@H]1[C@H](C)c3oncc3C[C@]21C. The Morgan fingerprint density at radius 3 is 2.71 bits per heavy atom. The van der Waals surface area contributed by atoms with Crippen LogP contribution in [0.25, 0.3) is 16.8 Å². The van der Waals surface area contributed by atoms with Crippen LogP contribution in [-0.2, 0) is 18.3 Å². The van der Waals surface area contributed by atoms with Crippen LogP contribution in [0.15, 0.2) is 65.3 Å². The fourth-order valence-electron chi connectivity index (χ4n) is 6.22. The van der Waals surface area contributed by atoms with Gasteiger partial charge in [-0.2, -0.15) is 0 Å². The molecule has 156 valence electrons. The van der Waals surface area contributed by atoms with Gasteiger partial charge in [-0.25, -0.2) is 4.98 Å². The Labute approximate surface area is 182 Å². The van der Waals surface area contributed by atoms with E-state index >= 15 is 0 Å². The Kier molecular flexibility index (Phi) is 4.01. The topological polar surface area (TPSA) is 43.9 Å². The molecule has 0 saturated heterocycles. The molecule has 4 heteroatoms. The van der Waals surface area contributed by atoms with Gasteiger partial charge in [-0.1, -0.05) is 61.5 Å². The number of rotatable bonds is 2. The van der Waals surface area contributed by atoms with Gasteiger partial charge >= 0.3 is 0 Å². The molecule has 0 fully saturated rings. The summed E-state index contributed by atoms with van der Waals surface area (Å²) < 4.78 is 8.01. The summed E-state index contributed by atoms with van der Waals surface area (Å²) in [4.78, 5) is 5.19. The second kappa shape index (κ2) is 6.68. The van der Waals surface area contributed by atoms with Gasteiger partial charge in [0.1, 0.15) is 11.6 Å². The summed E-state index contributed by atoms with van der Waals surface area (Å²) in [5.74, 6) is 3.05. The van der Waals surface area contributed by atoms with Crippen LogP contribution in [0.3, 0.4) is 0 Å². The van der Waals surface area contributed by atoms with Gasteiger partial charge in [-0.15, -0.1) is 0 Å². The standard InChI is InChI=1S/C27H27N3O/c1-17-23-12-13-24-26(27(23,3)15-21-16-28-31-25(17)21)29-18(2)30(24)22-11-7-10-20(14-22)19-8-5-4-6-9-19/h4-11,14,16-17,23H,12-13,15H2,1-3H3/t17-,23-,27-/m0/s1. The quantitative estimate of drug-likeness (QED) is 0.407. The zero-order chi connectivity index (χ0) is 21.2. The van der Waals surface area contributed by atoms with Crippen LogP contribution < -0.4 is 0 Å². The first kappa shape index (κ1) is 18.6. The molecule has 2 aliphatic rings. The molecule has 0 amide bonds. The van der Waals surface area contributed by atoms with E-state index in [1.54, 1.807) is 0 Å². The number of imidazole rings is 1. The molecule has 0 saturated carbocycles. The molecule has 2 aromatic carbocycles. The summed E-state index contributed by atoms with van der Waals surface area (Å²) >= 11 is 0. The molecule has 0 aliphatic heterocycles. The lowest BCUT2D eigenvalue weighted by Crippen LogP contribution is -2.44. The highest BCUT2D eigenvalue weighted by Gasteiger charge is 2.50. The molecule has 4 aromatic rings. The molecule has 2 aromatic heterocycles. The Morgan fingerprint density at radius 2 is 1.87 bits per heavy atom. The second-order valence-corrected chi connectivity index (χ2v) is 9.45. The van der Waals surface area contributed by atoms with Gasteiger partial charge in [0, 0.05) is 28.3 Å². The van der Waals surface area contributed by atoms with Crippen LogP contribution in [0, 0.1) is 12.8 Å². The van der Waals surface area contributed by atoms with E-state index < -0.39 is 0 Å². The van der Waals surface area contributed by atoms with E-state index in [0.717, 1.165) is 30.8 Å². The molecule has 6 rings (SSSR count). The second-order valence-electron chi connectivity index (χ2n) is 9.45. The lowest BCUT2D eigenvalue weighted by atomic mass is 9.57. The Balaban J connectivity index is 1.48. The number of benzene rings is 2. The molecule has 0 unspecified atom stereocenters. The van der Waals surface area contributed by atoms with Crippen molar-refractivity contribution >= 4 is 0 Å². The van der Waals surface area contributed by atoms with E-state index in [1.807, 2.05) is 6.20 Å². The normalized spacial score (nSPS) is 24.4. The fourth-order valence-corrected chi connectivity index (χ4v) is 6.22. The molecular formula is C27H27N3O. The third-order valence-corrected chi connectivity index (χ3v) is 7.65. The summed E-state index contributed by atoms with van der Waals surface area (Å²) in [7, 11) is 0. The maximum atomic E-state index is 5.63. The molecule has 2 aliphatic carbocycles. The van der Waals surface area contributed by atoms with Crippen LogP contribution in [-0.4, -0.2) is 14.7 Å². The predicted molar refractivity (Wildman–Crippen MR) is 122 cm³/mol. The molecule has 0 bridgehead atoms. The molecule has 2 heterocycles. The van der Waals surface area contributed by atoms with Crippen molar-refractivity contribution in [2.24, 2.45) is 5.92 Å². The summed E-state index contributed by atoms with van der Waals surface area (Å²) in [6.45, 7) is 6.84. The predicted octanol–water partition coefficient (Wildman–Crippen LogP) is 6.02. The zero-order valence-electron chi connectivity index (χ0n) is 18.3. The number of fused-ring (bicyclic) bond motifs is 4. The summed E-state index contributed by atoms with van der Waals surface area (Å²) in [6, 6.07) is 19.4. The van der Waals surface area contributed by atoms with E-state index in [4.69, 9.17) is 9.51 Å². The van der Waals surface area contributed by atoms with Crippen LogP contribution in [0.2, 0.25) is 0 Å². The lowest BCUT2D eigenvalue weighted by molar-refractivity contribution is 0.171. The molecule has 0 radical (unpaired) electrons. The Bertz CT molecular complexity index is 1270. The van der Waals surface area contributed by atoms with Crippen LogP contribution in [0.5, 0.6) is 0 Å². The average molecular weight is 410 g/mol. The minimum atomic E-state index is 0.0125. The molecule has 0 N–H and O–H groups in total. The maximum Gasteiger partial charge on any atom is 0.143 e. The largest absolute Gasteiger partial charge is 0.361 e. The first-order valence-electron chi connectivity index (χ1n) is 11.2. The summed E-state index contributed by atoms with van der Waals surface area (Å²) in [5.41, 5.74) is 7.57. The summed E-state index contributed by atoms with van der Waals surface area (Å²) in [5, 5.41) is 4.11. The molecule has 0 spiro atoms. The van der Waals surface area contributed by atoms with Crippen molar-refractivity contribution in [3.8, 4) is 16.8 Å². The van der Waals surface area contributed by atoms with Gasteiger partial charge < -0.3 is 9.09 Å². The van der Waals surface area contributed by atoms with Crippen molar-refractivity contribution in [1.29, 1.82) is 0 Å². The highest BCUT2D eigenvalue weighted by Crippen LogP contribution is 2.53. The maximum absolute atomic E-state index is 5.63. The van der Waals surface area contributed by atoms with Crippen LogP contribution >= 0.6 is 0 Å². The molecular weight excluding hydrogens is 382 g/mol. The van der Waals surface area contributed by atoms with E-state index in [0.29, 0.717) is 11.8 Å². The van der Waals surface area contributed by atoms with Crippen molar-refractivity contribution in [3.05, 3.63) is 89.3 Å². The summed E-state index contributed by atoms with van der Waals surface area (Å²) in [6.07, 6.45) is 5.05. The monoisotopic (exact) mass is 409 g/mol. The smallest absolute Gasteiger partial charge is 0.143 e. The minimum Gasteiger partial charge on any atom is -0.361 e. The van der Waals surface area contributed by atoms with Gasteiger partial charge in [0.2, 0.25) is 0 Å². The van der Waals surface area contributed by atoms with E-state index in [2.05, 4.69) is 85.1 Å². The third-order valence-electron chi connectivity index (χ3n) is 7.65. The van der Waals surface area contributed by atoms with E-state index in [-0.39, 0.29) is 5.41 Å². The highest BCUT2D eigenvalue weighted by molar-refractivity contribution is 5.66. The van der Waals surface area contributed by atoms with Crippen LogP contribution in [0.4, 0.5) is 0 Å². The van der Waals surface area contributed by atoms with Gasteiger partial charge in [0.25, 0.3) is 0 Å². The number of hydrogen-bond acceptors (Lipinski definition) is 3. The van der Waals surface area contributed by atoms with Gasteiger partial charge in [0.05, 0.1) is 11.9 Å². The Hall–Kier alpha value is -3.14. The molecule has 31 heavy (non-hydrogen) atoms. The first-order chi connectivity index (χ1) is 15.1. The van der Waals surface area contributed by atoms with Crippen molar-refractivity contribution in [1.82, 2.24) is 14.7 Å². The molecule has 3 atom stereocenters. The van der Waals surface area contributed by atoms with Gasteiger partial charge in [-0.05, 0) is 55.4 Å². The average Bonchev–Trinajstić information content (AvgIpc) is 3.38. The van der Waals surface area contributed by atoms with Crippen molar-refractivity contribution in [2.75, 3.05) is 0 Å². The number of nitrogens with zero attached hydrogens (tertiary/aromatic N) is 3. The lowest BCUT2D eigenvalue weighted by Gasteiger charge is -2.46. The Morgan fingerprint density at radius 1 is 1.06 bits per heavy atom. The number of aryl methyl sites for hydroxylation is 1. The van der Waals surface area contributed by atoms with E-state index in [1.165, 1.54) is 33.8 Å². The minimum absolute atomic E-state index is 0.0125. The zero-order valence-corrected chi connectivity index (χ0v) is 18.3. The molecule has 4 nitrogen and oxygen atoms in total. The van der Waals surface area contributed by atoms with Gasteiger partial charge in [0.15, 0.2) is 0 Å². The van der Waals surface area contributed by atoms with Crippen molar-refractivity contribution < 1.29 is 4.52 Å². The van der Waals surface area contributed by atoms with Crippen molar-refractivity contribution in [2.45, 2.75) is 51.4 Å². The van der Waals surface area contributed by atoms with E-state index in [9.17, 15) is 0 Å². The van der Waals surface area contributed by atoms with Crippen LogP contribution in [0.1, 0.15) is 54.7 Å². The highest BCUT2D eigenvalue weighted by atomic mass is 16.5. The van der Waals surface area contributed by atoms with Gasteiger partial charge in [-0.3, -0.25) is 0 Å².